The Morgan fingerprint density at radius 1 is 1.56 bits per heavy atom. The molecule has 1 aromatic rings. The molecule has 2 atom stereocenters. The van der Waals surface area contributed by atoms with Gasteiger partial charge in [0.25, 0.3) is 0 Å². The lowest BCUT2D eigenvalue weighted by Gasteiger charge is -2.18. The second-order valence-electron chi connectivity index (χ2n) is 3.99. The van der Waals surface area contributed by atoms with Gasteiger partial charge in [-0.1, -0.05) is 13.0 Å². The van der Waals surface area contributed by atoms with Crippen molar-refractivity contribution in [2.75, 3.05) is 13.7 Å². The molecule has 0 aliphatic rings. The van der Waals surface area contributed by atoms with Crippen molar-refractivity contribution in [2.24, 2.45) is 11.7 Å². The minimum atomic E-state index is -0.353. The summed E-state index contributed by atoms with van der Waals surface area (Å²) in [7, 11) is 1.33. The van der Waals surface area contributed by atoms with E-state index in [4.69, 9.17) is 5.73 Å². The molecule has 1 amide bonds. The number of ether oxygens (including phenoxy) is 1. The number of esters is 1. The Morgan fingerprint density at radius 3 is 2.78 bits per heavy atom. The van der Waals surface area contributed by atoms with Crippen LogP contribution in [-0.2, 0) is 14.3 Å². The van der Waals surface area contributed by atoms with Gasteiger partial charge in [0.1, 0.15) is 0 Å². The number of carbonyl (C=O) groups is 2. The standard InChI is InChI=1S/C12H18N2O3S/c1-8(7-13)12(16)14-9(6-11(15)17-2)10-4-3-5-18-10/h3-5,8-9H,6-7,13H2,1-2H3,(H,14,16). The van der Waals surface area contributed by atoms with Gasteiger partial charge >= 0.3 is 5.97 Å². The van der Waals surface area contributed by atoms with Gasteiger partial charge in [-0.15, -0.1) is 11.3 Å². The Labute approximate surface area is 110 Å². The van der Waals surface area contributed by atoms with E-state index in [1.165, 1.54) is 18.4 Å². The molecule has 0 bridgehead atoms. The molecule has 18 heavy (non-hydrogen) atoms. The summed E-state index contributed by atoms with van der Waals surface area (Å²) in [5.41, 5.74) is 5.44. The van der Waals surface area contributed by atoms with E-state index >= 15 is 0 Å². The zero-order valence-corrected chi connectivity index (χ0v) is 11.3. The van der Waals surface area contributed by atoms with Crippen LogP contribution in [0.1, 0.15) is 24.3 Å². The van der Waals surface area contributed by atoms with Gasteiger partial charge < -0.3 is 15.8 Å². The van der Waals surface area contributed by atoms with Crippen LogP contribution in [0.4, 0.5) is 0 Å². The first-order valence-corrected chi connectivity index (χ1v) is 6.57. The van der Waals surface area contributed by atoms with Gasteiger partial charge in [-0.2, -0.15) is 0 Å². The minimum absolute atomic E-state index is 0.125. The van der Waals surface area contributed by atoms with Crippen LogP contribution in [0.3, 0.4) is 0 Å². The van der Waals surface area contributed by atoms with Gasteiger partial charge in [0, 0.05) is 17.3 Å². The molecule has 100 valence electrons. The van der Waals surface area contributed by atoms with Gasteiger partial charge in [-0.25, -0.2) is 0 Å². The van der Waals surface area contributed by atoms with Crippen molar-refractivity contribution in [3.63, 3.8) is 0 Å². The predicted octanol–water partition coefficient (Wildman–Crippen LogP) is 1.06. The molecule has 1 rings (SSSR count). The van der Waals surface area contributed by atoms with Crippen LogP contribution in [0.15, 0.2) is 17.5 Å². The first kappa shape index (κ1) is 14.7. The van der Waals surface area contributed by atoms with Crippen molar-refractivity contribution in [3.8, 4) is 0 Å². The number of nitrogens with two attached hydrogens (primary N) is 1. The molecular formula is C12H18N2O3S. The predicted molar refractivity (Wildman–Crippen MR) is 70.1 cm³/mol. The van der Waals surface area contributed by atoms with E-state index in [9.17, 15) is 9.59 Å². The highest BCUT2D eigenvalue weighted by molar-refractivity contribution is 7.10. The Hall–Kier alpha value is -1.40. The third-order valence-electron chi connectivity index (χ3n) is 2.60. The van der Waals surface area contributed by atoms with Crippen molar-refractivity contribution in [1.29, 1.82) is 0 Å². The maximum absolute atomic E-state index is 11.8. The molecule has 0 fully saturated rings. The number of nitrogens with one attached hydrogen (secondary N) is 1. The monoisotopic (exact) mass is 270 g/mol. The van der Waals surface area contributed by atoms with E-state index < -0.39 is 0 Å². The zero-order chi connectivity index (χ0) is 13.5. The Morgan fingerprint density at radius 2 is 2.28 bits per heavy atom. The Balaban J connectivity index is 2.72. The van der Waals surface area contributed by atoms with Crippen LogP contribution < -0.4 is 11.1 Å². The van der Waals surface area contributed by atoms with E-state index in [1.807, 2.05) is 17.5 Å². The molecule has 1 aromatic heterocycles. The first-order chi connectivity index (χ1) is 8.58. The molecule has 5 nitrogen and oxygen atoms in total. The Kier molecular flexibility index (Phi) is 5.80. The third kappa shape index (κ3) is 4.12. The number of methoxy groups -OCH3 is 1. The number of thiophene rings is 1. The average molecular weight is 270 g/mol. The average Bonchev–Trinajstić information content (AvgIpc) is 2.90. The lowest BCUT2D eigenvalue weighted by atomic mass is 10.1. The number of hydrogen-bond donors (Lipinski definition) is 2. The van der Waals surface area contributed by atoms with Crippen LogP contribution in [0.2, 0.25) is 0 Å². The first-order valence-electron chi connectivity index (χ1n) is 5.69. The molecule has 0 aromatic carbocycles. The molecule has 0 saturated carbocycles. The SMILES string of the molecule is COC(=O)CC(NC(=O)C(C)CN)c1cccs1. The van der Waals surface area contributed by atoms with Crippen LogP contribution in [0, 0.1) is 5.92 Å². The molecular weight excluding hydrogens is 252 g/mol. The van der Waals surface area contributed by atoms with Gasteiger partial charge in [0.05, 0.1) is 19.6 Å². The largest absolute Gasteiger partial charge is 0.469 e. The van der Waals surface area contributed by atoms with Crippen molar-refractivity contribution < 1.29 is 14.3 Å². The summed E-state index contributed by atoms with van der Waals surface area (Å²) in [5, 5.41) is 4.73. The second-order valence-corrected chi connectivity index (χ2v) is 4.97. The second kappa shape index (κ2) is 7.13. The van der Waals surface area contributed by atoms with E-state index in [2.05, 4.69) is 10.1 Å². The fourth-order valence-electron chi connectivity index (χ4n) is 1.38. The summed E-state index contributed by atoms with van der Waals surface area (Å²) in [5.74, 6) is -0.779. The normalized spacial score (nSPS) is 13.7. The molecule has 3 N–H and O–H groups in total. The lowest BCUT2D eigenvalue weighted by Crippen LogP contribution is -2.36. The van der Waals surface area contributed by atoms with Crippen molar-refractivity contribution in [3.05, 3.63) is 22.4 Å². The Bertz CT molecular complexity index is 392. The van der Waals surface area contributed by atoms with Crippen molar-refractivity contribution >= 4 is 23.2 Å². The molecule has 0 aliphatic carbocycles. The zero-order valence-electron chi connectivity index (χ0n) is 10.5. The maximum atomic E-state index is 11.8. The molecule has 0 aliphatic heterocycles. The van der Waals surface area contributed by atoms with Gasteiger partial charge in [0.2, 0.25) is 5.91 Å². The summed E-state index contributed by atoms with van der Waals surface area (Å²) < 4.78 is 4.64. The van der Waals surface area contributed by atoms with Gasteiger partial charge in [-0.3, -0.25) is 9.59 Å². The highest BCUT2D eigenvalue weighted by Gasteiger charge is 2.21. The van der Waals surface area contributed by atoms with Gasteiger partial charge in [-0.05, 0) is 11.4 Å². The summed E-state index contributed by atoms with van der Waals surface area (Å²) in [4.78, 5) is 24.1. The lowest BCUT2D eigenvalue weighted by molar-refractivity contribution is -0.141. The van der Waals surface area contributed by atoms with Crippen LogP contribution in [0.25, 0.3) is 0 Å². The van der Waals surface area contributed by atoms with E-state index in [1.54, 1.807) is 6.92 Å². The minimum Gasteiger partial charge on any atom is -0.469 e. The highest BCUT2D eigenvalue weighted by atomic mass is 32.1. The quantitative estimate of drug-likeness (QED) is 0.757. The maximum Gasteiger partial charge on any atom is 0.307 e. The number of carbonyl (C=O) groups excluding carboxylic acids is 2. The van der Waals surface area contributed by atoms with E-state index in [0.717, 1.165) is 4.88 Å². The van der Waals surface area contributed by atoms with E-state index in [0.29, 0.717) is 0 Å². The van der Waals surface area contributed by atoms with Crippen LogP contribution >= 0.6 is 11.3 Å². The molecule has 2 unspecified atom stereocenters. The smallest absolute Gasteiger partial charge is 0.307 e. The molecule has 0 spiro atoms. The summed E-state index contributed by atoms with van der Waals surface area (Å²) in [6.07, 6.45) is 0.125. The molecule has 0 radical (unpaired) electrons. The fourth-order valence-corrected chi connectivity index (χ4v) is 2.16. The molecule has 1 heterocycles. The topological polar surface area (TPSA) is 81.4 Å². The molecule has 6 heteroatoms. The summed E-state index contributed by atoms with van der Waals surface area (Å²) in [6.45, 7) is 2.03. The van der Waals surface area contributed by atoms with Gasteiger partial charge in [0.15, 0.2) is 0 Å². The van der Waals surface area contributed by atoms with Crippen molar-refractivity contribution in [2.45, 2.75) is 19.4 Å². The fraction of sp³-hybridized carbons (Fsp3) is 0.500. The molecule has 0 saturated heterocycles. The number of amides is 1. The van der Waals surface area contributed by atoms with E-state index in [-0.39, 0.29) is 36.8 Å². The number of rotatable bonds is 6. The summed E-state index contributed by atoms with van der Waals surface area (Å²) in [6, 6.07) is 3.41. The van der Waals surface area contributed by atoms with Crippen LogP contribution in [0.5, 0.6) is 0 Å². The third-order valence-corrected chi connectivity index (χ3v) is 3.59. The highest BCUT2D eigenvalue weighted by Crippen LogP contribution is 2.22. The van der Waals surface area contributed by atoms with Crippen LogP contribution in [-0.4, -0.2) is 25.5 Å². The number of hydrogen-bond acceptors (Lipinski definition) is 5. The van der Waals surface area contributed by atoms with Crippen molar-refractivity contribution in [1.82, 2.24) is 5.32 Å². The summed E-state index contributed by atoms with van der Waals surface area (Å²) >= 11 is 1.49.